The lowest BCUT2D eigenvalue weighted by atomic mass is 9.83. The van der Waals surface area contributed by atoms with E-state index in [1.54, 1.807) is 0 Å². The van der Waals surface area contributed by atoms with Crippen LogP contribution < -0.4 is 5.32 Å². The van der Waals surface area contributed by atoms with E-state index in [0.717, 1.165) is 24.8 Å². The summed E-state index contributed by atoms with van der Waals surface area (Å²) in [7, 11) is 0. The smallest absolute Gasteiger partial charge is 0.105 e. The molecule has 1 fully saturated rings. The van der Waals surface area contributed by atoms with Crippen molar-refractivity contribution >= 4 is 0 Å². The van der Waals surface area contributed by atoms with Crippen molar-refractivity contribution in [2.75, 3.05) is 6.54 Å². The van der Waals surface area contributed by atoms with Gasteiger partial charge in [-0.1, -0.05) is 13.8 Å². The number of nitrogens with zero attached hydrogens (tertiary/aromatic N) is 2. The van der Waals surface area contributed by atoms with Gasteiger partial charge in [0.15, 0.2) is 0 Å². The van der Waals surface area contributed by atoms with Gasteiger partial charge in [-0.05, 0) is 59.3 Å². The Kier molecular flexibility index (Phi) is 6.04. The van der Waals surface area contributed by atoms with E-state index in [1.807, 2.05) is 6.92 Å². The Bertz CT molecular complexity index is 347. The van der Waals surface area contributed by atoms with Gasteiger partial charge >= 0.3 is 0 Å². The minimum atomic E-state index is -0.433. The van der Waals surface area contributed by atoms with E-state index >= 15 is 0 Å². The molecular formula is C17H33N3. The summed E-state index contributed by atoms with van der Waals surface area (Å²) in [6.07, 6.45) is 2.20. The molecule has 0 aliphatic carbocycles. The summed E-state index contributed by atoms with van der Waals surface area (Å²) < 4.78 is 0. The van der Waals surface area contributed by atoms with Crippen molar-refractivity contribution in [3.05, 3.63) is 0 Å². The largest absolute Gasteiger partial charge is 0.297 e. The highest BCUT2D eigenvalue weighted by Gasteiger charge is 2.35. The molecule has 1 N–H and O–H groups in total. The van der Waals surface area contributed by atoms with Crippen molar-refractivity contribution < 1.29 is 0 Å². The molecule has 1 aliphatic rings. The lowest BCUT2D eigenvalue weighted by Crippen LogP contribution is -2.54. The lowest BCUT2D eigenvalue weighted by molar-refractivity contribution is 0.0364. The quantitative estimate of drug-likeness (QED) is 0.838. The van der Waals surface area contributed by atoms with Gasteiger partial charge < -0.3 is 0 Å². The van der Waals surface area contributed by atoms with Gasteiger partial charge in [-0.25, -0.2) is 0 Å². The first kappa shape index (κ1) is 17.5. The highest BCUT2D eigenvalue weighted by atomic mass is 15.2. The number of hydrogen-bond acceptors (Lipinski definition) is 3. The maximum Gasteiger partial charge on any atom is 0.105 e. The first-order chi connectivity index (χ1) is 9.18. The third-order valence-electron chi connectivity index (χ3n) is 4.77. The van der Waals surface area contributed by atoms with Gasteiger partial charge in [-0.2, -0.15) is 5.26 Å². The summed E-state index contributed by atoms with van der Waals surface area (Å²) in [6, 6.07) is 3.87. The molecule has 5 unspecified atom stereocenters. The van der Waals surface area contributed by atoms with Crippen molar-refractivity contribution in [2.24, 2.45) is 11.8 Å². The van der Waals surface area contributed by atoms with E-state index in [-0.39, 0.29) is 0 Å². The fourth-order valence-electron chi connectivity index (χ4n) is 3.82. The topological polar surface area (TPSA) is 39.1 Å². The van der Waals surface area contributed by atoms with E-state index in [2.05, 4.69) is 57.8 Å². The van der Waals surface area contributed by atoms with Gasteiger partial charge in [0, 0.05) is 24.7 Å². The van der Waals surface area contributed by atoms with Crippen LogP contribution in [0.4, 0.5) is 0 Å². The predicted molar refractivity (Wildman–Crippen MR) is 85.5 cm³/mol. The summed E-state index contributed by atoms with van der Waals surface area (Å²) in [5.74, 6) is 1.50. The third kappa shape index (κ3) is 4.46. The standard InChI is InChI=1S/C17H33N3/c1-12(2)19-17(7,11-18)9-15(5)20-10-13(3)8-14(4)16(20)6/h12-16,19H,8-10H2,1-7H3. The zero-order valence-corrected chi connectivity index (χ0v) is 14.4. The molecule has 20 heavy (non-hydrogen) atoms. The van der Waals surface area contributed by atoms with E-state index in [4.69, 9.17) is 0 Å². The number of nitriles is 1. The number of rotatable bonds is 5. The number of nitrogens with one attached hydrogen (secondary N) is 1. The van der Waals surface area contributed by atoms with E-state index < -0.39 is 5.54 Å². The van der Waals surface area contributed by atoms with Crippen molar-refractivity contribution in [1.29, 1.82) is 5.26 Å². The molecule has 1 saturated heterocycles. The Morgan fingerprint density at radius 1 is 1.30 bits per heavy atom. The second-order valence-corrected chi connectivity index (χ2v) is 7.55. The van der Waals surface area contributed by atoms with Gasteiger partial charge in [-0.3, -0.25) is 10.2 Å². The normalized spacial score (nSPS) is 32.6. The number of likely N-dealkylation sites (tertiary alicyclic amines) is 1. The Hall–Kier alpha value is -0.590. The van der Waals surface area contributed by atoms with Crippen molar-refractivity contribution in [3.63, 3.8) is 0 Å². The zero-order valence-electron chi connectivity index (χ0n) is 14.4. The van der Waals surface area contributed by atoms with Crippen LogP contribution in [0, 0.1) is 23.2 Å². The first-order valence-corrected chi connectivity index (χ1v) is 8.13. The van der Waals surface area contributed by atoms with E-state index in [9.17, 15) is 5.26 Å². The van der Waals surface area contributed by atoms with Gasteiger partial charge in [0.2, 0.25) is 0 Å². The molecule has 1 aliphatic heterocycles. The highest BCUT2D eigenvalue weighted by Crippen LogP contribution is 2.30. The summed E-state index contributed by atoms with van der Waals surface area (Å²) in [5.41, 5.74) is -0.433. The summed E-state index contributed by atoms with van der Waals surface area (Å²) >= 11 is 0. The average molecular weight is 279 g/mol. The highest BCUT2D eigenvalue weighted by molar-refractivity contribution is 5.06. The van der Waals surface area contributed by atoms with Crippen LogP contribution in [0.1, 0.15) is 61.3 Å². The molecule has 3 nitrogen and oxygen atoms in total. The van der Waals surface area contributed by atoms with Gasteiger partial charge in [-0.15, -0.1) is 0 Å². The van der Waals surface area contributed by atoms with Crippen LogP contribution in [0.2, 0.25) is 0 Å². The third-order valence-corrected chi connectivity index (χ3v) is 4.77. The molecule has 0 amide bonds. The molecule has 3 heteroatoms. The SMILES string of the molecule is CC1CC(C)C(C)N(C(C)CC(C)(C#N)NC(C)C)C1. The van der Waals surface area contributed by atoms with Gasteiger partial charge in [0.05, 0.1) is 6.07 Å². The molecule has 1 heterocycles. The van der Waals surface area contributed by atoms with E-state index in [0.29, 0.717) is 18.1 Å². The molecule has 0 bridgehead atoms. The minimum absolute atomic E-state index is 0.337. The van der Waals surface area contributed by atoms with Crippen LogP contribution in [-0.2, 0) is 0 Å². The molecule has 0 radical (unpaired) electrons. The molecule has 0 spiro atoms. The summed E-state index contributed by atoms with van der Waals surface area (Å²) in [6.45, 7) is 16.7. The number of hydrogen-bond donors (Lipinski definition) is 1. The molecule has 0 saturated carbocycles. The zero-order chi connectivity index (χ0) is 15.5. The summed E-state index contributed by atoms with van der Waals surface area (Å²) in [4.78, 5) is 2.61. The second kappa shape index (κ2) is 6.91. The molecule has 0 aromatic carbocycles. The van der Waals surface area contributed by atoms with Crippen LogP contribution in [0.3, 0.4) is 0 Å². The molecule has 0 aromatic rings. The van der Waals surface area contributed by atoms with Gasteiger partial charge in [0.25, 0.3) is 0 Å². The van der Waals surface area contributed by atoms with Crippen LogP contribution in [0.5, 0.6) is 0 Å². The van der Waals surface area contributed by atoms with E-state index in [1.165, 1.54) is 6.42 Å². The van der Waals surface area contributed by atoms with Crippen LogP contribution in [0.25, 0.3) is 0 Å². The Labute approximate surface area is 125 Å². The van der Waals surface area contributed by atoms with Crippen LogP contribution in [-0.4, -0.2) is 35.1 Å². The summed E-state index contributed by atoms with van der Waals surface area (Å²) in [5, 5.41) is 12.9. The minimum Gasteiger partial charge on any atom is -0.297 e. The lowest BCUT2D eigenvalue weighted by Gasteiger charge is -2.46. The Balaban J connectivity index is 2.73. The second-order valence-electron chi connectivity index (χ2n) is 7.55. The molecule has 1 rings (SSSR count). The molecule has 5 atom stereocenters. The molecular weight excluding hydrogens is 246 g/mol. The number of piperidine rings is 1. The van der Waals surface area contributed by atoms with Crippen LogP contribution >= 0.6 is 0 Å². The monoisotopic (exact) mass is 279 g/mol. The maximum absolute atomic E-state index is 9.52. The molecule has 0 aromatic heterocycles. The fraction of sp³-hybridized carbons (Fsp3) is 0.941. The van der Waals surface area contributed by atoms with Gasteiger partial charge in [0.1, 0.15) is 5.54 Å². The Morgan fingerprint density at radius 3 is 2.40 bits per heavy atom. The average Bonchev–Trinajstić information content (AvgIpc) is 2.32. The van der Waals surface area contributed by atoms with Crippen molar-refractivity contribution in [1.82, 2.24) is 10.2 Å². The van der Waals surface area contributed by atoms with Crippen molar-refractivity contribution in [2.45, 2.75) is 85.0 Å². The Morgan fingerprint density at radius 2 is 1.90 bits per heavy atom. The van der Waals surface area contributed by atoms with Crippen LogP contribution in [0.15, 0.2) is 0 Å². The predicted octanol–water partition coefficient (Wildman–Crippen LogP) is 3.41. The van der Waals surface area contributed by atoms with Crippen molar-refractivity contribution in [3.8, 4) is 6.07 Å². The molecule has 116 valence electrons. The maximum atomic E-state index is 9.52. The fourth-order valence-corrected chi connectivity index (χ4v) is 3.82. The first-order valence-electron chi connectivity index (χ1n) is 8.13.